The van der Waals surface area contributed by atoms with Gasteiger partial charge in [0, 0.05) is 43.0 Å². The standard InChI is InChI=1S/C18H24N4OS.HI/c1-14-7-8-15(24-14)13-20-18(19-2)22-11-9-21(10-12-22)16-5-3-4-6-17(16)23;/h3-8,23H,9-13H2,1-2H3,(H,19,20);1H. The fourth-order valence-corrected chi connectivity index (χ4v) is 3.80. The zero-order valence-corrected chi connectivity index (χ0v) is 17.8. The van der Waals surface area contributed by atoms with E-state index in [4.69, 9.17) is 0 Å². The van der Waals surface area contributed by atoms with Gasteiger partial charge in [0.25, 0.3) is 0 Å². The number of hydrogen-bond donors (Lipinski definition) is 2. The van der Waals surface area contributed by atoms with E-state index in [9.17, 15) is 5.11 Å². The van der Waals surface area contributed by atoms with E-state index in [-0.39, 0.29) is 24.0 Å². The molecule has 136 valence electrons. The van der Waals surface area contributed by atoms with Crippen LogP contribution in [-0.4, -0.2) is 49.2 Å². The number of aryl methyl sites for hydroxylation is 1. The molecule has 2 aromatic rings. The molecule has 7 heteroatoms. The number of halogens is 1. The molecule has 5 nitrogen and oxygen atoms in total. The lowest BCUT2D eigenvalue weighted by atomic mass is 10.2. The predicted molar refractivity (Wildman–Crippen MR) is 117 cm³/mol. The van der Waals surface area contributed by atoms with Crippen LogP contribution in [0.1, 0.15) is 9.75 Å². The van der Waals surface area contributed by atoms with E-state index < -0.39 is 0 Å². The van der Waals surface area contributed by atoms with Gasteiger partial charge in [-0.25, -0.2) is 0 Å². The number of rotatable bonds is 3. The van der Waals surface area contributed by atoms with Gasteiger partial charge in [0.15, 0.2) is 5.96 Å². The summed E-state index contributed by atoms with van der Waals surface area (Å²) < 4.78 is 0. The number of thiophene rings is 1. The van der Waals surface area contributed by atoms with Crippen LogP contribution >= 0.6 is 35.3 Å². The zero-order chi connectivity index (χ0) is 16.9. The van der Waals surface area contributed by atoms with Crippen molar-refractivity contribution in [1.82, 2.24) is 10.2 Å². The first-order chi connectivity index (χ1) is 11.7. The number of phenols is 1. The number of benzene rings is 1. The number of para-hydroxylation sites is 2. The molecule has 0 aliphatic carbocycles. The molecule has 25 heavy (non-hydrogen) atoms. The van der Waals surface area contributed by atoms with Gasteiger partial charge >= 0.3 is 0 Å². The number of piperazine rings is 1. The van der Waals surface area contributed by atoms with Gasteiger partial charge in [0.05, 0.1) is 12.2 Å². The van der Waals surface area contributed by atoms with E-state index in [0.29, 0.717) is 5.75 Å². The second kappa shape index (κ2) is 9.28. The molecule has 0 saturated carbocycles. The zero-order valence-electron chi connectivity index (χ0n) is 14.6. The van der Waals surface area contributed by atoms with Crippen LogP contribution in [0.3, 0.4) is 0 Å². The highest BCUT2D eigenvalue weighted by molar-refractivity contribution is 14.0. The largest absolute Gasteiger partial charge is 0.506 e. The lowest BCUT2D eigenvalue weighted by molar-refractivity contribution is 0.370. The molecule has 1 aromatic carbocycles. The van der Waals surface area contributed by atoms with E-state index in [2.05, 4.69) is 39.2 Å². The molecule has 0 atom stereocenters. The summed E-state index contributed by atoms with van der Waals surface area (Å²) in [6, 6.07) is 11.8. The molecule has 3 rings (SSSR count). The van der Waals surface area contributed by atoms with Crippen LogP contribution in [0.2, 0.25) is 0 Å². The topological polar surface area (TPSA) is 51.1 Å². The first-order valence-corrected chi connectivity index (χ1v) is 9.03. The van der Waals surface area contributed by atoms with Gasteiger partial charge in [0.1, 0.15) is 5.75 Å². The molecule has 2 heterocycles. The molecule has 1 aliphatic heterocycles. The Balaban J connectivity index is 0.00000225. The summed E-state index contributed by atoms with van der Waals surface area (Å²) >= 11 is 1.81. The SMILES string of the molecule is CN=C(NCc1ccc(C)s1)N1CCN(c2ccccc2O)CC1.I. The molecule has 2 N–H and O–H groups in total. The van der Waals surface area contributed by atoms with E-state index in [1.165, 1.54) is 9.75 Å². The second-order valence-electron chi connectivity index (χ2n) is 5.88. The van der Waals surface area contributed by atoms with Crippen LogP contribution in [0.4, 0.5) is 5.69 Å². The minimum Gasteiger partial charge on any atom is -0.506 e. The molecule has 1 aliphatic rings. The molecule has 0 radical (unpaired) electrons. The number of hydrogen-bond acceptors (Lipinski definition) is 4. The van der Waals surface area contributed by atoms with Crippen molar-refractivity contribution in [2.45, 2.75) is 13.5 Å². The number of nitrogens with zero attached hydrogens (tertiary/aromatic N) is 3. The normalized spacial score (nSPS) is 15.0. The third kappa shape index (κ3) is 5.01. The van der Waals surface area contributed by atoms with Gasteiger partial charge in [-0.2, -0.15) is 0 Å². The van der Waals surface area contributed by atoms with Crippen molar-refractivity contribution in [1.29, 1.82) is 0 Å². The highest BCUT2D eigenvalue weighted by Gasteiger charge is 2.21. The van der Waals surface area contributed by atoms with Crippen molar-refractivity contribution >= 4 is 47.0 Å². The fourth-order valence-electron chi connectivity index (χ4n) is 2.97. The summed E-state index contributed by atoms with van der Waals surface area (Å²) in [5.74, 6) is 1.29. The van der Waals surface area contributed by atoms with Crippen LogP contribution in [-0.2, 0) is 6.54 Å². The molecule has 1 aromatic heterocycles. The molecular formula is C18H25IN4OS. The van der Waals surface area contributed by atoms with Gasteiger partial charge in [-0.05, 0) is 31.2 Å². The van der Waals surface area contributed by atoms with Crippen molar-refractivity contribution in [3.05, 3.63) is 46.2 Å². The van der Waals surface area contributed by atoms with Gasteiger partial charge < -0.3 is 20.2 Å². The number of aromatic hydroxyl groups is 1. The molecule has 1 fully saturated rings. The van der Waals surface area contributed by atoms with Gasteiger partial charge in [-0.1, -0.05) is 12.1 Å². The van der Waals surface area contributed by atoms with Gasteiger partial charge in [0.2, 0.25) is 0 Å². The Morgan fingerprint density at radius 3 is 2.48 bits per heavy atom. The van der Waals surface area contributed by atoms with Crippen molar-refractivity contribution < 1.29 is 5.11 Å². The van der Waals surface area contributed by atoms with Crippen LogP contribution in [0, 0.1) is 6.92 Å². The smallest absolute Gasteiger partial charge is 0.194 e. The first kappa shape index (κ1) is 19.8. The maximum Gasteiger partial charge on any atom is 0.194 e. The Labute approximate surface area is 170 Å². The third-order valence-electron chi connectivity index (χ3n) is 4.23. The predicted octanol–water partition coefficient (Wildman–Crippen LogP) is 3.28. The monoisotopic (exact) mass is 472 g/mol. The van der Waals surface area contributed by atoms with E-state index in [1.807, 2.05) is 36.6 Å². The molecule has 0 amide bonds. The quantitative estimate of drug-likeness (QED) is 0.409. The highest BCUT2D eigenvalue weighted by atomic mass is 127. The lowest BCUT2D eigenvalue weighted by Crippen LogP contribution is -2.52. The van der Waals surface area contributed by atoms with E-state index in [1.54, 1.807) is 6.07 Å². The van der Waals surface area contributed by atoms with E-state index >= 15 is 0 Å². The maximum atomic E-state index is 10.0. The van der Waals surface area contributed by atoms with Crippen molar-refractivity contribution in [3.8, 4) is 5.75 Å². The Morgan fingerprint density at radius 1 is 1.16 bits per heavy atom. The summed E-state index contributed by atoms with van der Waals surface area (Å²) in [6.07, 6.45) is 0. The maximum absolute atomic E-state index is 10.0. The minimum atomic E-state index is 0. The highest BCUT2D eigenvalue weighted by Crippen LogP contribution is 2.27. The van der Waals surface area contributed by atoms with Crippen molar-refractivity contribution in [2.75, 3.05) is 38.1 Å². The summed E-state index contributed by atoms with van der Waals surface area (Å²) in [5, 5.41) is 13.5. The molecule has 1 saturated heterocycles. The molecule has 0 unspecified atom stereocenters. The molecular weight excluding hydrogens is 447 g/mol. The Morgan fingerprint density at radius 2 is 1.88 bits per heavy atom. The minimum absolute atomic E-state index is 0. The summed E-state index contributed by atoms with van der Waals surface area (Å²) in [7, 11) is 1.83. The molecule has 0 bridgehead atoms. The number of phenolic OH excluding ortho intramolecular Hbond substituents is 1. The van der Waals surface area contributed by atoms with Crippen molar-refractivity contribution in [3.63, 3.8) is 0 Å². The average molecular weight is 472 g/mol. The number of aliphatic imine (C=N–C) groups is 1. The Bertz CT molecular complexity index is 711. The van der Waals surface area contributed by atoms with Crippen LogP contribution < -0.4 is 10.2 Å². The summed E-state index contributed by atoms with van der Waals surface area (Å²) in [5.41, 5.74) is 0.911. The summed E-state index contributed by atoms with van der Waals surface area (Å²) in [4.78, 5) is 11.6. The van der Waals surface area contributed by atoms with Crippen LogP contribution in [0.25, 0.3) is 0 Å². The van der Waals surface area contributed by atoms with Crippen LogP contribution in [0.5, 0.6) is 5.75 Å². The van der Waals surface area contributed by atoms with Gasteiger partial charge in [-0.3, -0.25) is 4.99 Å². The average Bonchev–Trinajstić information content (AvgIpc) is 3.02. The number of guanidine groups is 1. The van der Waals surface area contributed by atoms with E-state index in [0.717, 1.165) is 44.4 Å². The number of nitrogens with one attached hydrogen (secondary N) is 1. The lowest BCUT2D eigenvalue weighted by Gasteiger charge is -2.37. The Hall–Kier alpha value is -1.48. The van der Waals surface area contributed by atoms with Crippen LogP contribution in [0.15, 0.2) is 41.4 Å². The number of anilines is 1. The van der Waals surface area contributed by atoms with Crippen molar-refractivity contribution in [2.24, 2.45) is 4.99 Å². The Kier molecular flexibility index (Phi) is 7.37. The summed E-state index contributed by atoms with van der Waals surface area (Å²) in [6.45, 7) is 6.45. The first-order valence-electron chi connectivity index (χ1n) is 8.21. The third-order valence-corrected chi connectivity index (χ3v) is 5.23. The fraction of sp³-hybridized carbons (Fsp3) is 0.389. The second-order valence-corrected chi connectivity index (χ2v) is 7.25. The molecule has 0 spiro atoms. The van der Waals surface area contributed by atoms with Gasteiger partial charge in [-0.15, -0.1) is 35.3 Å².